The number of para-hydroxylation sites is 1. The van der Waals surface area contributed by atoms with Gasteiger partial charge in [-0.25, -0.2) is 0 Å². The van der Waals surface area contributed by atoms with Gasteiger partial charge in [0.05, 0.1) is 16.4 Å². The predicted octanol–water partition coefficient (Wildman–Crippen LogP) is 19.3. The Kier molecular flexibility index (Phi) is 10.8. The molecule has 1 aliphatic rings. The maximum absolute atomic E-state index is 2.45. The van der Waals surface area contributed by atoms with Crippen LogP contribution in [0.15, 0.2) is 303 Å². The lowest BCUT2D eigenvalue weighted by molar-refractivity contribution is 0.768. The molecule has 0 saturated carbocycles. The Morgan fingerprint density at radius 2 is 0.680 bits per heavy atom. The van der Waals surface area contributed by atoms with Gasteiger partial charge in [0.2, 0.25) is 0 Å². The molecule has 0 spiro atoms. The smallest absolute Gasteiger partial charge is 0.0714 e. The second-order valence-corrected chi connectivity index (χ2v) is 19.6. The van der Waals surface area contributed by atoms with Crippen LogP contribution in [0.2, 0.25) is 0 Å². The van der Waals surface area contributed by atoms with E-state index in [-0.39, 0.29) is 0 Å². The van der Waals surface area contributed by atoms with Crippen molar-refractivity contribution in [2.45, 2.75) is 5.41 Å². The molecule has 352 valence electrons. The molecule has 1 heterocycles. The Hall–Kier alpha value is -9.76. The number of hydrogen-bond acceptors (Lipinski definition) is 1. The van der Waals surface area contributed by atoms with Crippen molar-refractivity contribution in [1.29, 1.82) is 0 Å². The molecule has 0 radical (unpaired) electrons. The molecular formula is C73H50N2. The number of anilines is 3. The average Bonchev–Trinajstić information content (AvgIpc) is 4.05. The molecule has 0 aliphatic heterocycles. The molecule has 0 fully saturated rings. The number of aromatic nitrogens is 1. The quantitative estimate of drug-likeness (QED) is 0.133. The molecule has 0 atom stereocenters. The number of hydrogen-bond donors (Lipinski definition) is 0. The summed E-state index contributed by atoms with van der Waals surface area (Å²) in [6.07, 6.45) is 0. The highest BCUT2D eigenvalue weighted by atomic mass is 15.1. The van der Waals surface area contributed by atoms with E-state index < -0.39 is 5.41 Å². The van der Waals surface area contributed by atoms with Gasteiger partial charge in [-0.1, -0.05) is 237 Å². The molecule has 1 aromatic heterocycles. The first-order valence-electron chi connectivity index (χ1n) is 25.9. The van der Waals surface area contributed by atoms with Crippen LogP contribution in [0.25, 0.3) is 83.1 Å². The lowest BCUT2D eigenvalue weighted by atomic mass is 9.67. The number of rotatable bonds is 10. The van der Waals surface area contributed by atoms with Crippen molar-refractivity contribution in [3.8, 4) is 61.3 Å². The van der Waals surface area contributed by atoms with Crippen molar-refractivity contribution in [3.63, 3.8) is 0 Å². The summed E-state index contributed by atoms with van der Waals surface area (Å²) in [5.41, 5.74) is 23.4. The summed E-state index contributed by atoms with van der Waals surface area (Å²) in [5.74, 6) is 0. The Labute approximate surface area is 438 Å². The van der Waals surface area contributed by atoms with E-state index in [4.69, 9.17) is 0 Å². The van der Waals surface area contributed by atoms with E-state index in [9.17, 15) is 0 Å². The van der Waals surface area contributed by atoms with Gasteiger partial charge in [0.15, 0.2) is 0 Å². The molecule has 13 aromatic rings. The zero-order chi connectivity index (χ0) is 49.7. The normalized spacial score (nSPS) is 12.4. The Morgan fingerprint density at radius 3 is 1.31 bits per heavy atom. The fourth-order valence-corrected chi connectivity index (χ4v) is 12.0. The fourth-order valence-electron chi connectivity index (χ4n) is 12.0. The molecule has 14 rings (SSSR count). The molecule has 0 unspecified atom stereocenters. The minimum Gasteiger partial charge on any atom is -0.310 e. The van der Waals surface area contributed by atoms with Crippen LogP contribution in [0.3, 0.4) is 0 Å². The highest BCUT2D eigenvalue weighted by Crippen LogP contribution is 2.57. The zero-order valence-electron chi connectivity index (χ0n) is 41.3. The van der Waals surface area contributed by atoms with Crippen molar-refractivity contribution in [3.05, 3.63) is 326 Å². The molecule has 12 aromatic carbocycles. The average molecular weight is 955 g/mol. The molecule has 0 N–H and O–H groups in total. The van der Waals surface area contributed by atoms with Crippen LogP contribution >= 0.6 is 0 Å². The van der Waals surface area contributed by atoms with Gasteiger partial charge in [0.25, 0.3) is 0 Å². The maximum Gasteiger partial charge on any atom is 0.0714 e. The number of nitrogens with zero attached hydrogens (tertiary/aromatic N) is 2. The van der Waals surface area contributed by atoms with Crippen molar-refractivity contribution >= 4 is 38.9 Å². The summed E-state index contributed by atoms with van der Waals surface area (Å²) in [4.78, 5) is 2.42. The Morgan fingerprint density at radius 1 is 0.253 bits per heavy atom. The Bertz CT molecular complexity index is 4140. The van der Waals surface area contributed by atoms with Gasteiger partial charge in [-0.3, -0.25) is 0 Å². The van der Waals surface area contributed by atoms with Gasteiger partial charge in [0, 0.05) is 33.5 Å². The van der Waals surface area contributed by atoms with E-state index in [1.54, 1.807) is 0 Å². The van der Waals surface area contributed by atoms with Gasteiger partial charge in [-0.15, -0.1) is 0 Å². The van der Waals surface area contributed by atoms with E-state index in [0.29, 0.717) is 0 Å². The molecule has 0 amide bonds. The van der Waals surface area contributed by atoms with Crippen LogP contribution in [0.1, 0.15) is 22.3 Å². The lowest BCUT2D eigenvalue weighted by Crippen LogP contribution is -2.28. The third kappa shape index (κ3) is 7.49. The Balaban J connectivity index is 0.860. The summed E-state index contributed by atoms with van der Waals surface area (Å²) >= 11 is 0. The summed E-state index contributed by atoms with van der Waals surface area (Å²) in [7, 11) is 0. The van der Waals surface area contributed by atoms with Gasteiger partial charge < -0.3 is 9.47 Å². The summed E-state index contributed by atoms with van der Waals surface area (Å²) in [6.45, 7) is 0. The minimum atomic E-state index is -0.516. The number of fused-ring (bicyclic) bond motifs is 6. The molecule has 2 nitrogen and oxygen atoms in total. The van der Waals surface area contributed by atoms with Crippen LogP contribution in [0.4, 0.5) is 17.1 Å². The first kappa shape index (κ1) is 44.0. The molecule has 0 bridgehead atoms. The van der Waals surface area contributed by atoms with Crippen LogP contribution in [0, 0.1) is 0 Å². The van der Waals surface area contributed by atoms with Crippen LogP contribution in [-0.2, 0) is 5.41 Å². The third-order valence-electron chi connectivity index (χ3n) is 15.5. The fraction of sp³-hybridized carbons (Fsp3) is 0.0137. The SMILES string of the molecule is c1ccc(-c2ccc(N(c3ccc(-c4cccc(-c5ccc6c7ccccc7n(-c7ccc(-c8ccccc8)cc7)c6c5)c4)cc3)c3ccc4c(c3)C(c3ccccc3)(c3ccccc3)c3ccccc3-4)cc2)cc1. The third-order valence-corrected chi connectivity index (χ3v) is 15.5. The van der Waals surface area contributed by atoms with E-state index in [2.05, 4.69) is 313 Å². The van der Waals surface area contributed by atoms with Crippen LogP contribution < -0.4 is 4.90 Å². The van der Waals surface area contributed by atoms with Crippen molar-refractivity contribution in [2.24, 2.45) is 0 Å². The lowest BCUT2D eigenvalue weighted by Gasteiger charge is -2.35. The standard InChI is InChI=1S/C73H50N2/c1-5-18-51(19-6-1)53-32-39-61(40-33-53)74(64-45-47-66-65-28-13-15-30-69(65)73(70(66)50-64,59-24-9-3-10-25-59)60-26-11-4-12-27-60)62-41-36-55(37-42-62)56-22-17-23-57(48-56)58-38-46-68-67-29-14-16-31-71(67)75(72(68)49-58)63-43-34-54(35-44-63)52-20-7-2-8-21-52/h1-50H. The van der Waals surface area contributed by atoms with Crippen molar-refractivity contribution in [2.75, 3.05) is 4.90 Å². The second kappa shape index (κ2) is 18.4. The first-order chi connectivity index (χ1) is 37.2. The number of benzene rings is 12. The van der Waals surface area contributed by atoms with E-state index in [0.717, 1.165) is 28.3 Å². The highest BCUT2D eigenvalue weighted by molar-refractivity contribution is 6.10. The highest BCUT2D eigenvalue weighted by Gasteiger charge is 2.46. The molecule has 75 heavy (non-hydrogen) atoms. The molecular weight excluding hydrogens is 905 g/mol. The summed E-state index contributed by atoms with van der Waals surface area (Å²) in [5, 5.41) is 2.49. The molecule has 0 saturated heterocycles. The topological polar surface area (TPSA) is 8.17 Å². The van der Waals surface area contributed by atoms with Crippen LogP contribution in [-0.4, -0.2) is 4.57 Å². The van der Waals surface area contributed by atoms with Crippen molar-refractivity contribution in [1.82, 2.24) is 4.57 Å². The van der Waals surface area contributed by atoms with E-state index in [1.807, 2.05) is 0 Å². The minimum absolute atomic E-state index is 0.516. The van der Waals surface area contributed by atoms with Gasteiger partial charge >= 0.3 is 0 Å². The van der Waals surface area contributed by atoms with E-state index in [1.165, 1.54) is 94.1 Å². The summed E-state index contributed by atoms with van der Waals surface area (Å²) < 4.78 is 2.41. The maximum atomic E-state index is 2.45. The molecule has 1 aliphatic carbocycles. The zero-order valence-corrected chi connectivity index (χ0v) is 41.3. The van der Waals surface area contributed by atoms with Gasteiger partial charge in [0.1, 0.15) is 0 Å². The summed E-state index contributed by atoms with van der Waals surface area (Å²) in [6, 6.07) is 111. The predicted molar refractivity (Wildman–Crippen MR) is 315 cm³/mol. The van der Waals surface area contributed by atoms with Crippen molar-refractivity contribution < 1.29 is 0 Å². The van der Waals surface area contributed by atoms with E-state index >= 15 is 0 Å². The largest absolute Gasteiger partial charge is 0.310 e. The second-order valence-electron chi connectivity index (χ2n) is 19.6. The van der Waals surface area contributed by atoms with Gasteiger partial charge in [-0.05, 0) is 145 Å². The monoisotopic (exact) mass is 954 g/mol. The van der Waals surface area contributed by atoms with Crippen LogP contribution in [0.5, 0.6) is 0 Å². The van der Waals surface area contributed by atoms with Gasteiger partial charge in [-0.2, -0.15) is 0 Å². The first-order valence-corrected chi connectivity index (χ1v) is 25.9. The molecule has 2 heteroatoms.